The molecule has 260 valence electrons. The second kappa shape index (κ2) is 11.9. The molecule has 0 unspecified atom stereocenters. The van der Waals surface area contributed by atoms with Crippen molar-refractivity contribution in [2.24, 2.45) is 0 Å². The first-order valence-electron chi connectivity index (χ1n) is 19.0. The highest BCUT2D eigenvalue weighted by atomic mass is 15.0. The summed E-state index contributed by atoms with van der Waals surface area (Å²) in [5, 5.41) is 7.58. The van der Waals surface area contributed by atoms with Gasteiger partial charge in [0.15, 0.2) is 17.5 Å². The molecule has 0 N–H and O–H groups in total. The van der Waals surface area contributed by atoms with Crippen LogP contribution >= 0.6 is 0 Å². The van der Waals surface area contributed by atoms with Crippen molar-refractivity contribution >= 4 is 59.9 Å². The zero-order valence-corrected chi connectivity index (χ0v) is 30.1. The molecule has 8 aromatic carbocycles. The van der Waals surface area contributed by atoms with E-state index >= 15 is 0 Å². The average Bonchev–Trinajstić information content (AvgIpc) is 3.92. The number of fused-ring (bicyclic) bond motifs is 9. The standard InChI is InChI=1S/C51H31N5/c1-3-13-33(14-4-1)49-52-50(34-15-5-2-6-16-34)54-51(53-49)35-27-25-32(26-28-35)36-29-30-44-41(31-36)38-18-8-9-21-42(38)55(44)45-23-12-24-46-47(45)40-20-11-19-39-37-17-7-10-22-43(37)56(46)48(39)40/h1-31H. The molecule has 12 rings (SSSR count). The molecule has 0 bridgehead atoms. The molecule has 0 fully saturated rings. The van der Waals surface area contributed by atoms with Crippen LogP contribution in [0.1, 0.15) is 0 Å². The summed E-state index contributed by atoms with van der Waals surface area (Å²) in [5.41, 5.74) is 12.4. The number of hydrogen-bond acceptors (Lipinski definition) is 3. The van der Waals surface area contributed by atoms with E-state index in [1.54, 1.807) is 0 Å². The van der Waals surface area contributed by atoms with E-state index in [4.69, 9.17) is 15.0 Å². The summed E-state index contributed by atoms with van der Waals surface area (Å²) in [6.07, 6.45) is 0. The molecule has 0 aliphatic rings. The summed E-state index contributed by atoms with van der Waals surface area (Å²) in [7, 11) is 0. The lowest BCUT2D eigenvalue weighted by atomic mass is 10.0. The van der Waals surface area contributed by atoms with Gasteiger partial charge in [-0.25, -0.2) is 15.0 Å². The fourth-order valence-electron chi connectivity index (χ4n) is 8.81. The average molecular weight is 714 g/mol. The Morgan fingerprint density at radius 3 is 1.48 bits per heavy atom. The number of aromatic nitrogens is 5. The molecule has 56 heavy (non-hydrogen) atoms. The van der Waals surface area contributed by atoms with Crippen LogP contribution in [0.5, 0.6) is 0 Å². The number of para-hydroxylation sites is 3. The third kappa shape index (κ3) is 4.52. The van der Waals surface area contributed by atoms with E-state index in [1.165, 1.54) is 65.6 Å². The monoisotopic (exact) mass is 713 g/mol. The van der Waals surface area contributed by atoms with Gasteiger partial charge in [-0.05, 0) is 47.5 Å². The van der Waals surface area contributed by atoms with Crippen molar-refractivity contribution in [3.05, 3.63) is 188 Å². The van der Waals surface area contributed by atoms with E-state index in [0.29, 0.717) is 17.5 Å². The van der Waals surface area contributed by atoms with Crippen LogP contribution in [0.2, 0.25) is 0 Å². The highest BCUT2D eigenvalue weighted by Gasteiger charge is 2.22. The Morgan fingerprint density at radius 1 is 0.304 bits per heavy atom. The topological polar surface area (TPSA) is 48.0 Å². The van der Waals surface area contributed by atoms with Crippen molar-refractivity contribution in [2.45, 2.75) is 0 Å². The van der Waals surface area contributed by atoms with Crippen LogP contribution in [0.15, 0.2) is 188 Å². The Balaban J connectivity index is 0.994. The molecule has 12 aromatic rings. The fourth-order valence-corrected chi connectivity index (χ4v) is 8.81. The second-order valence-electron chi connectivity index (χ2n) is 14.4. The molecule has 0 aliphatic carbocycles. The molecule has 0 radical (unpaired) electrons. The minimum absolute atomic E-state index is 0.647. The van der Waals surface area contributed by atoms with Crippen LogP contribution in [0.25, 0.3) is 111 Å². The maximum atomic E-state index is 4.94. The molecular weight excluding hydrogens is 683 g/mol. The molecule has 4 aromatic heterocycles. The molecular formula is C51H31N5. The Kier molecular flexibility index (Phi) is 6.56. The summed E-state index contributed by atoms with van der Waals surface area (Å²) in [6.45, 7) is 0. The summed E-state index contributed by atoms with van der Waals surface area (Å²) in [6, 6.07) is 66.7. The molecule has 0 aliphatic heterocycles. The summed E-state index contributed by atoms with van der Waals surface area (Å²) in [5.74, 6) is 1.96. The van der Waals surface area contributed by atoms with Gasteiger partial charge < -0.3 is 8.97 Å². The maximum absolute atomic E-state index is 4.94. The predicted molar refractivity (Wildman–Crippen MR) is 231 cm³/mol. The molecule has 0 atom stereocenters. The van der Waals surface area contributed by atoms with E-state index in [2.05, 4.69) is 136 Å². The Labute approximate surface area is 321 Å². The first-order valence-corrected chi connectivity index (χ1v) is 19.0. The van der Waals surface area contributed by atoms with Gasteiger partial charge in [0.1, 0.15) is 0 Å². The zero-order chi connectivity index (χ0) is 36.7. The van der Waals surface area contributed by atoms with Gasteiger partial charge in [-0.15, -0.1) is 0 Å². The van der Waals surface area contributed by atoms with E-state index in [-0.39, 0.29) is 0 Å². The second-order valence-corrected chi connectivity index (χ2v) is 14.4. The number of nitrogens with zero attached hydrogens (tertiary/aromatic N) is 5. The quantitative estimate of drug-likeness (QED) is 0.178. The van der Waals surface area contributed by atoms with Crippen molar-refractivity contribution < 1.29 is 0 Å². The summed E-state index contributed by atoms with van der Waals surface area (Å²) < 4.78 is 4.91. The molecule has 0 amide bonds. The maximum Gasteiger partial charge on any atom is 0.164 e. The van der Waals surface area contributed by atoms with E-state index in [1.807, 2.05) is 60.7 Å². The first kappa shape index (κ1) is 30.8. The van der Waals surface area contributed by atoms with Crippen LogP contribution in [0, 0.1) is 0 Å². The Morgan fingerprint density at radius 2 is 0.786 bits per heavy atom. The highest BCUT2D eigenvalue weighted by Crippen LogP contribution is 2.43. The van der Waals surface area contributed by atoms with Crippen LogP contribution in [-0.4, -0.2) is 23.9 Å². The van der Waals surface area contributed by atoms with Crippen LogP contribution in [-0.2, 0) is 0 Å². The SMILES string of the molecule is c1ccc(-c2nc(-c3ccccc3)nc(-c3ccc(-c4ccc5c(c4)c4ccccc4n5-c4cccc5c4c4cccc6c7ccccc7n5c64)cc3)n2)cc1. The molecule has 0 saturated heterocycles. The van der Waals surface area contributed by atoms with Crippen LogP contribution in [0.4, 0.5) is 0 Å². The number of benzene rings is 8. The Hall–Kier alpha value is -7.63. The molecule has 4 heterocycles. The van der Waals surface area contributed by atoms with Crippen LogP contribution < -0.4 is 0 Å². The van der Waals surface area contributed by atoms with Gasteiger partial charge in [-0.2, -0.15) is 0 Å². The minimum Gasteiger partial charge on any atom is -0.309 e. The van der Waals surface area contributed by atoms with Gasteiger partial charge in [0.25, 0.3) is 0 Å². The van der Waals surface area contributed by atoms with E-state index in [0.717, 1.165) is 27.8 Å². The van der Waals surface area contributed by atoms with Gasteiger partial charge in [0.2, 0.25) is 0 Å². The smallest absolute Gasteiger partial charge is 0.164 e. The Bertz CT molecular complexity index is 3390. The minimum atomic E-state index is 0.647. The van der Waals surface area contributed by atoms with E-state index < -0.39 is 0 Å². The van der Waals surface area contributed by atoms with Crippen molar-refractivity contribution in [1.82, 2.24) is 23.9 Å². The van der Waals surface area contributed by atoms with Crippen LogP contribution in [0.3, 0.4) is 0 Å². The van der Waals surface area contributed by atoms with Gasteiger partial charge in [-0.3, -0.25) is 0 Å². The van der Waals surface area contributed by atoms with Gasteiger partial charge in [0.05, 0.1) is 33.3 Å². The van der Waals surface area contributed by atoms with Gasteiger partial charge in [-0.1, -0.05) is 152 Å². The lowest BCUT2D eigenvalue weighted by molar-refractivity contribution is 1.07. The first-order chi connectivity index (χ1) is 27.8. The highest BCUT2D eigenvalue weighted by molar-refractivity contribution is 6.25. The molecule has 5 nitrogen and oxygen atoms in total. The third-order valence-electron chi connectivity index (χ3n) is 11.3. The molecule has 0 saturated carbocycles. The fraction of sp³-hybridized carbons (Fsp3) is 0. The van der Waals surface area contributed by atoms with Gasteiger partial charge in [0, 0.05) is 49.0 Å². The summed E-state index contributed by atoms with van der Waals surface area (Å²) in [4.78, 5) is 14.8. The number of hydrogen-bond donors (Lipinski definition) is 0. The molecule has 0 spiro atoms. The number of rotatable bonds is 5. The largest absolute Gasteiger partial charge is 0.309 e. The van der Waals surface area contributed by atoms with Crippen molar-refractivity contribution in [2.75, 3.05) is 0 Å². The van der Waals surface area contributed by atoms with Gasteiger partial charge >= 0.3 is 0 Å². The third-order valence-corrected chi connectivity index (χ3v) is 11.3. The zero-order valence-electron chi connectivity index (χ0n) is 30.1. The lowest BCUT2D eigenvalue weighted by Gasteiger charge is -2.11. The molecule has 5 heteroatoms. The van der Waals surface area contributed by atoms with Crippen molar-refractivity contribution in [3.63, 3.8) is 0 Å². The predicted octanol–water partition coefficient (Wildman–Crippen LogP) is 12.8. The summed E-state index contributed by atoms with van der Waals surface area (Å²) >= 11 is 0. The van der Waals surface area contributed by atoms with Crippen molar-refractivity contribution in [1.29, 1.82) is 0 Å². The normalized spacial score (nSPS) is 11.9. The lowest BCUT2D eigenvalue weighted by Crippen LogP contribution is -2.00. The van der Waals surface area contributed by atoms with Crippen molar-refractivity contribution in [3.8, 4) is 51.0 Å². The van der Waals surface area contributed by atoms with E-state index in [9.17, 15) is 0 Å².